The van der Waals surface area contributed by atoms with Crippen molar-refractivity contribution in [3.63, 3.8) is 0 Å². The molecule has 1 aromatic rings. The smallest absolute Gasteiger partial charge is 0.265 e. The van der Waals surface area contributed by atoms with E-state index in [-0.39, 0.29) is 23.7 Å². The lowest BCUT2D eigenvalue weighted by atomic mass is 10.1. The first-order chi connectivity index (χ1) is 7.13. The highest BCUT2D eigenvalue weighted by Crippen LogP contribution is 2.27. The summed E-state index contributed by atoms with van der Waals surface area (Å²) in [5.74, 6) is 0.0322. The molecule has 0 bridgehead atoms. The Morgan fingerprint density at radius 3 is 2.73 bits per heavy atom. The standard InChI is InChI=1S/C9H9F2N3O/c1-15-8-2-5(9(10)11)6(3-12)7(4-13)14-8/h2,9H,4,13H2,1H3. The summed E-state index contributed by atoms with van der Waals surface area (Å²) < 4.78 is 29.9. The van der Waals surface area contributed by atoms with E-state index in [9.17, 15) is 8.78 Å². The predicted octanol–water partition coefficient (Wildman–Crippen LogP) is 1.36. The lowest BCUT2D eigenvalue weighted by molar-refractivity contribution is 0.150. The molecule has 4 nitrogen and oxygen atoms in total. The Balaban J connectivity index is 3.41. The summed E-state index contributed by atoms with van der Waals surface area (Å²) in [4.78, 5) is 3.82. The molecule has 0 saturated heterocycles. The van der Waals surface area contributed by atoms with E-state index in [1.807, 2.05) is 0 Å². The summed E-state index contributed by atoms with van der Waals surface area (Å²) in [5.41, 5.74) is 4.85. The minimum Gasteiger partial charge on any atom is -0.481 e. The largest absolute Gasteiger partial charge is 0.481 e. The number of nitrogens with two attached hydrogens (primary N) is 1. The van der Waals surface area contributed by atoms with Crippen LogP contribution in [0.2, 0.25) is 0 Å². The molecule has 6 heteroatoms. The number of nitriles is 1. The molecule has 0 fully saturated rings. The Bertz CT molecular complexity index is 401. The second-order valence-electron chi connectivity index (χ2n) is 2.69. The van der Waals surface area contributed by atoms with Crippen molar-refractivity contribution < 1.29 is 13.5 Å². The van der Waals surface area contributed by atoms with Crippen LogP contribution in [0.3, 0.4) is 0 Å². The Labute approximate surface area is 85.3 Å². The fraction of sp³-hybridized carbons (Fsp3) is 0.333. The Morgan fingerprint density at radius 1 is 1.67 bits per heavy atom. The van der Waals surface area contributed by atoms with Crippen LogP contribution in [0.25, 0.3) is 0 Å². The number of hydrogen-bond donors (Lipinski definition) is 1. The summed E-state index contributed by atoms with van der Waals surface area (Å²) >= 11 is 0. The van der Waals surface area contributed by atoms with Crippen LogP contribution in [0.5, 0.6) is 5.88 Å². The van der Waals surface area contributed by atoms with Crippen LogP contribution in [0.4, 0.5) is 8.78 Å². The topological polar surface area (TPSA) is 71.9 Å². The molecule has 0 amide bonds. The highest BCUT2D eigenvalue weighted by molar-refractivity contribution is 5.44. The maximum Gasteiger partial charge on any atom is 0.265 e. The molecule has 0 aliphatic carbocycles. The molecule has 0 aliphatic heterocycles. The number of halogens is 2. The minimum atomic E-state index is -2.75. The van der Waals surface area contributed by atoms with Crippen molar-refractivity contribution in [3.8, 4) is 11.9 Å². The van der Waals surface area contributed by atoms with Gasteiger partial charge in [-0.1, -0.05) is 0 Å². The molecule has 0 spiro atoms. The van der Waals surface area contributed by atoms with Crippen molar-refractivity contribution in [1.29, 1.82) is 5.26 Å². The van der Waals surface area contributed by atoms with Gasteiger partial charge in [0, 0.05) is 18.2 Å². The molecule has 15 heavy (non-hydrogen) atoms. The third-order valence-corrected chi connectivity index (χ3v) is 1.85. The third-order valence-electron chi connectivity index (χ3n) is 1.85. The highest BCUT2D eigenvalue weighted by Gasteiger charge is 2.18. The van der Waals surface area contributed by atoms with Gasteiger partial charge in [0.05, 0.1) is 18.4 Å². The van der Waals surface area contributed by atoms with E-state index in [1.165, 1.54) is 7.11 Å². The number of methoxy groups -OCH3 is 1. The van der Waals surface area contributed by atoms with Gasteiger partial charge in [0.1, 0.15) is 6.07 Å². The number of nitrogens with zero attached hydrogens (tertiary/aromatic N) is 2. The average molecular weight is 213 g/mol. The molecular weight excluding hydrogens is 204 g/mol. The Hall–Kier alpha value is -1.74. The van der Waals surface area contributed by atoms with Gasteiger partial charge >= 0.3 is 0 Å². The molecule has 0 atom stereocenters. The molecule has 0 aromatic carbocycles. The van der Waals surface area contributed by atoms with Gasteiger partial charge in [0.15, 0.2) is 0 Å². The van der Waals surface area contributed by atoms with Gasteiger partial charge in [-0.05, 0) is 0 Å². The van der Waals surface area contributed by atoms with E-state index >= 15 is 0 Å². The van der Waals surface area contributed by atoms with Crippen LogP contribution in [-0.4, -0.2) is 12.1 Å². The first-order valence-corrected chi connectivity index (χ1v) is 4.10. The van der Waals surface area contributed by atoms with Crippen molar-refractivity contribution in [1.82, 2.24) is 4.98 Å². The molecular formula is C9H9F2N3O. The molecule has 80 valence electrons. The van der Waals surface area contributed by atoms with Crippen LogP contribution in [0, 0.1) is 11.3 Å². The zero-order valence-corrected chi connectivity index (χ0v) is 8.00. The predicted molar refractivity (Wildman–Crippen MR) is 48.4 cm³/mol. The summed E-state index contributed by atoms with van der Waals surface area (Å²) in [6, 6.07) is 2.71. The first-order valence-electron chi connectivity index (χ1n) is 4.10. The SMILES string of the molecule is COc1cc(C(F)F)c(C#N)c(CN)n1. The van der Waals surface area contributed by atoms with Gasteiger partial charge in [-0.3, -0.25) is 0 Å². The van der Waals surface area contributed by atoms with E-state index in [2.05, 4.69) is 4.98 Å². The number of hydrogen-bond acceptors (Lipinski definition) is 4. The summed E-state index contributed by atoms with van der Waals surface area (Å²) in [5, 5.41) is 8.72. The monoisotopic (exact) mass is 213 g/mol. The van der Waals surface area contributed by atoms with Crippen molar-refractivity contribution in [2.75, 3.05) is 7.11 Å². The van der Waals surface area contributed by atoms with Gasteiger partial charge in [-0.25, -0.2) is 13.8 Å². The third kappa shape index (κ3) is 2.19. The molecule has 0 aliphatic rings. The van der Waals surface area contributed by atoms with Gasteiger partial charge in [0.25, 0.3) is 6.43 Å². The maximum absolute atomic E-state index is 12.6. The summed E-state index contributed by atoms with van der Waals surface area (Å²) in [6.07, 6.45) is -2.75. The number of pyridine rings is 1. The quantitative estimate of drug-likeness (QED) is 0.822. The molecule has 0 saturated carbocycles. The van der Waals surface area contributed by atoms with Gasteiger partial charge in [0.2, 0.25) is 5.88 Å². The van der Waals surface area contributed by atoms with Crippen LogP contribution >= 0.6 is 0 Å². The van der Waals surface area contributed by atoms with Crippen molar-refractivity contribution in [2.24, 2.45) is 5.73 Å². The number of ether oxygens (including phenoxy) is 1. The summed E-state index contributed by atoms with van der Waals surface area (Å²) in [7, 11) is 1.31. The Kier molecular flexibility index (Phi) is 3.52. The second kappa shape index (κ2) is 4.66. The van der Waals surface area contributed by atoms with Gasteiger partial charge < -0.3 is 10.5 Å². The molecule has 1 rings (SSSR count). The first kappa shape index (κ1) is 11.3. The fourth-order valence-electron chi connectivity index (χ4n) is 1.15. The minimum absolute atomic E-state index is 0.0322. The van der Waals surface area contributed by atoms with E-state index in [1.54, 1.807) is 6.07 Å². The molecule has 0 radical (unpaired) electrons. The van der Waals surface area contributed by atoms with Crippen LogP contribution in [0.1, 0.15) is 23.2 Å². The van der Waals surface area contributed by atoms with Gasteiger partial charge in [-0.2, -0.15) is 5.26 Å². The van der Waals surface area contributed by atoms with E-state index < -0.39 is 12.0 Å². The van der Waals surface area contributed by atoms with Crippen LogP contribution < -0.4 is 10.5 Å². The van der Waals surface area contributed by atoms with Crippen LogP contribution in [0.15, 0.2) is 6.07 Å². The molecule has 0 unspecified atom stereocenters. The number of rotatable bonds is 3. The average Bonchev–Trinajstić information content (AvgIpc) is 2.26. The lowest BCUT2D eigenvalue weighted by Crippen LogP contribution is -2.07. The second-order valence-corrected chi connectivity index (χ2v) is 2.69. The van der Waals surface area contributed by atoms with Crippen molar-refractivity contribution in [2.45, 2.75) is 13.0 Å². The van der Waals surface area contributed by atoms with Crippen molar-refractivity contribution in [3.05, 3.63) is 22.9 Å². The summed E-state index contributed by atoms with van der Waals surface area (Å²) in [6.45, 7) is -0.0835. The zero-order valence-electron chi connectivity index (χ0n) is 8.00. The normalized spacial score (nSPS) is 10.1. The molecule has 1 aromatic heterocycles. The number of alkyl halides is 2. The molecule has 1 heterocycles. The van der Waals surface area contributed by atoms with E-state index in [0.29, 0.717) is 0 Å². The van der Waals surface area contributed by atoms with Gasteiger partial charge in [-0.15, -0.1) is 0 Å². The highest BCUT2D eigenvalue weighted by atomic mass is 19.3. The van der Waals surface area contributed by atoms with E-state index in [4.69, 9.17) is 15.7 Å². The van der Waals surface area contributed by atoms with Crippen LogP contribution in [-0.2, 0) is 6.54 Å². The number of aromatic nitrogens is 1. The Morgan fingerprint density at radius 2 is 2.33 bits per heavy atom. The zero-order chi connectivity index (χ0) is 11.4. The molecule has 2 N–H and O–H groups in total. The van der Waals surface area contributed by atoms with Crippen molar-refractivity contribution >= 4 is 0 Å². The maximum atomic E-state index is 12.6. The lowest BCUT2D eigenvalue weighted by Gasteiger charge is -2.09. The van der Waals surface area contributed by atoms with E-state index in [0.717, 1.165) is 6.07 Å². The fourth-order valence-corrected chi connectivity index (χ4v) is 1.15.